The third-order valence-electron chi connectivity index (χ3n) is 4.67. The molecule has 0 aliphatic carbocycles. The van der Waals surface area contributed by atoms with Crippen LogP contribution in [0.2, 0.25) is 0 Å². The third-order valence-corrected chi connectivity index (χ3v) is 4.67. The number of carbonyl (C=O) groups excluding carboxylic acids is 1. The fourth-order valence-electron chi connectivity index (χ4n) is 3.01. The van der Waals surface area contributed by atoms with Crippen LogP contribution in [0.3, 0.4) is 0 Å². The molecule has 0 radical (unpaired) electrons. The van der Waals surface area contributed by atoms with E-state index < -0.39 is 0 Å². The molecule has 0 aromatic heterocycles. The fraction of sp³-hybridized carbons (Fsp3) is 0.333. The van der Waals surface area contributed by atoms with E-state index in [1.165, 1.54) is 0 Å². The maximum Gasteiger partial charge on any atom is 0.244 e. The van der Waals surface area contributed by atoms with Crippen molar-refractivity contribution in [2.45, 2.75) is 25.9 Å². The van der Waals surface area contributed by atoms with Crippen molar-refractivity contribution in [2.24, 2.45) is 0 Å². The zero-order valence-electron chi connectivity index (χ0n) is 15.6. The van der Waals surface area contributed by atoms with E-state index in [-0.39, 0.29) is 18.7 Å². The van der Waals surface area contributed by atoms with Gasteiger partial charge in [-0.1, -0.05) is 24.3 Å². The van der Waals surface area contributed by atoms with Gasteiger partial charge in [-0.05, 0) is 43.8 Å². The van der Waals surface area contributed by atoms with Gasteiger partial charge in [0.25, 0.3) is 0 Å². The average molecular weight is 365 g/mol. The number of carbonyl (C=O) groups is 1. The standard InChI is InChI=1S/C21H23N3O3/c1-16(21(25)24(12-6-11-22)18-7-4-3-5-8-18)23(2)14-17-9-10-19-20(13-17)27-15-26-19/h3-5,7-10,13,16H,6,12,14-15H2,1-2H3. The molecule has 2 aromatic carbocycles. The third kappa shape index (κ3) is 4.39. The topological polar surface area (TPSA) is 65.8 Å². The molecule has 27 heavy (non-hydrogen) atoms. The summed E-state index contributed by atoms with van der Waals surface area (Å²) in [4.78, 5) is 16.8. The number of fused-ring (bicyclic) bond motifs is 1. The summed E-state index contributed by atoms with van der Waals surface area (Å²) in [5.41, 5.74) is 1.85. The summed E-state index contributed by atoms with van der Waals surface area (Å²) in [6.07, 6.45) is 0.291. The van der Waals surface area contributed by atoms with Crippen LogP contribution < -0.4 is 14.4 Å². The first kappa shape index (κ1) is 18.7. The molecule has 1 heterocycles. The monoisotopic (exact) mass is 365 g/mol. The van der Waals surface area contributed by atoms with Crippen LogP contribution >= 0.6 is 0 Å². The number of anilines is 1. The molecular weight excluding hydrogens is 342 g/mol. The molecular formula is C21H23N3O3. The number of hydrogen-bond acceptors (Lipinski definition) is 5. The van der Waals surface area contributed by atoms with Crippen LogP contribution in [0.1, 0.15) is 18.9 Å². The number of ether oxygens (including phenoxy) is 2. The number of nitriles is 1. The second-order valence-electron chi connectivity index (χ2n) is 6.51. The average Bonchev–Trinajstić information content (AvgIpc) is 3.16. The van der Waals surface area contributed by atoms with Gasteiger partial charge in [-0.2, -0.15) is 5.26 Å². The minimum absolute atomic E-state index is 0.0281. The van der Waals surface area contributed by atoms with Gasteiger partial charge >= 0.3 is 0 Å². The number of hydrogen-bond donors (Lipinski definition) is 0. The van der Waals surface area contributed by atoms with Gasteiger partial charge in [0.15, 0.2) is 11.5 Å². The maximum atomic E-state index is 13.1. The van der Waals surface area contributed by atoms with Gasteiger partial charge in [0, 0.05) is 18.8 Å². The first-order valence-electron chi connectivity index (χ1n) is 8.92. The van der Waals surface area contributed by atoms with Crippen molar-refractivity contribution in [1.29, 1.82) is 5.26 Å². The van der Waals surface area contributed by atoms with Crippen molar-refractivity contribution in [3.63, 3.8) is 0 Å². The number of likely N-dealkylation sites (N-methyl/N-ethyl adjacent to an activating group) is 1. The summed E-state index contributed by atoms with van der Waals surface area (Å²) in [5, 5.41) is 8.94. The molecule has 140 valence electrons. The van der Waals surface area contributed by atoms with E-state index >= 15 is 0 Å². The molecule has 0 saturated heterocycles. The molecule has 0 fully saturated rings. The van der Waals surface area contributed by atoms with E-state index in [0.717, 1.165) is 22.7 Å². The molecule has 0 spiro atoms. The second kappa shape index (κ2) is 8.56. The summed E-state index contributed by atoms with van der Waals surface area (Å²) in [5.74, 6) is 1.46. The predicted molar refractivity (Wildman–Crippen MR) is 103 cm³/mol. The summed E-state index contributed by atoms with van der Waals surface area (Å²) in [6.45, 7) is 3.11. The highest BCUT2D eigenvalue weighted by Crippen LogP contribution is 2.32. The number of amides is 1. The predicted octanol–water partition coefficient (Wildman–Crippen LogP) is 3.18. The van der Waals surface area contributed by atoms with Crippen molar-refractivity contribution < 1.29 is 14.3 Å². The zero-order chi connectivity index (χ0) is 19.2. The minimum Gasteiger partial charge on any atom is -0.454 e. The Morgan fingerprint density at radius 3 is 2.67 bits per heavy atom. The Morgan fingerprint density at radius 1 is 1.19 bits per heavy atom. The van der Waals surface area contributed by atoms with Crippen molar-refractivity contribution in [1.82, 2.24) is 4.90 Å². The molecule has 1 atom stereocenters. The Bertz CT molecular complexity index is 832. The Labute approximate surface area is 159 Å². The maximum absolute atomic E-state index is 13.1. The van der Waals surface area contributed by atoms with Crippen LogP contribution in [0.25, 0.3) is 0 Å². The van der Waals surface area contributed by atoms with Crippen LogP contribution in [0, 0.1) is 11.3 Å². The first-order valence-corrected chi connectivity index (χ1v) is 8.92. The Kier molecular flexibility index (Phi) is 5.94. The van der Waals surface area contributed by atoms with E-state index in [9.17, 15) is 4.79 Å². The van der Waals surface area contributed by atoms with Crippen LogP contribution in [-0.4, -0.2) is 37.2 Å². The smallest absolute Gasteiger partial charge is 0.244 e. The van der Waals surface area contributed by atoms with E-state index in [0.29, 0.717) is 19.5 Å². The molecule has 2 aromatic rings. The van der Waals surface area contributed by atoms with Crippen molar-refractivity contribution in [2.75, 3.05) is 25.3 Å². The van der Waals surface area contributed by atoms with E-state index in [1.807, 2.05) is 67.4 Å². The lowest BCUT2D eigenvalue weighted by atomic mass is 10.1. The molecule has 0 saturated carbocycles. The summed E-state index contributed by atoms with van der Waals surface area (Å²) in [7, 11) is 1.92. The molecule has 6 nitrogen and oxygen atoms in total. The molecule has 3 rings (SSSR count). The van der Waals surface area contributed by atoms with Gasteiger partial charge in [-0.15, -0.1) is 0 Å². The zero-order valence-corrected chi connectivity index (χ0v) is 15.6. The Hall–Kier alpha value is -3.04. The highest BCUT2D eigenvalue weighted by atomic mass is 16.7. The van der Waals surface area contributed by atoms with E-state index in [4.69, 9.17) is 14.7 Å². The fourth-order valence-corrected chi connectivity index (χ4v) is 3.01. The molecule has 1 amide bonds. The SMILES string of the molecule is CC(C(=O)N(CCC#N)c1ccccc1)N(C)Cc1ccc2c(c1)OCO2. The van der Waals surface area contributed by atoms with Crippen LogP contribution in [0.4, 0.5) is 5.69 Å². The highest BCUT2D eigenvalue weighted by molar-refractivity contribution is 5.96. The van der Waals surface area contributed by atoms with Crippen LogP contribution in [0.15, 0.2) is 48.5 Å². The van der Waals surface area contributed by atoms with E-state index in [1.54, 1.807) is 4.90 Å². The molecule has 0 bridgehead atoms. The van der Waals surface area contributed by atoms with Gasteiger partial charge in [-0.25, -0.2) is 0 Å². The van der Waals surface area contributed by atoms with Crippen molar-refractivity contribution in [3.05, 3.63) is 54.1 Å². The summed E-state index contributed by atoms with van der Waals surface area (Å²) < 4.78 is 10.8. The Morgan fingerprint density at radius 2 is 1.93 bits per heavy atom. The van der Waals surface area contributed by atoms with Crippen molar-refractivity contribution >= 4 is 11.6 Å². The summed E-state index contributed by atoms with van der Waals surface area (Å²) >= 11 is 0. The minimum atomic E-state index is -0.339. The lowest BCUT2D eigenvalue weighted by Crippen LogP contribution is -2.46. The van der Waals surface area contributed by atoms with Gasteiger partial charge < -0.3 is 14.4 Å². The molecule has 6 heteroatoms. The molecule has 0 N–H and O–H groups in total. The lowest BCUT2D eigenvalue weighted by Gasteiger charge is -2.30. The quantitative estimate of drug-likeness (QED) is 0.754. The number of nitrogens with zero attached hydrogens (tertiary/aromatic N) is 3. The van der Waals surface area contributed by atoms with E-state index in [2.05, 4.69) is 6.07 Å². The number of para-hydroxylation sites is 1. The molecule has 1 unspecified atom stereocenters. The highest BCUT2D eigenvalue weighted by Gasteiger charge is 2.25. The largest absolute Gasteiger partial charge is 0.454 e. The van der Waals surface area contributed by atoms with Gasteiger partial charge in [-0.3, -0.25) is 9.69 Å². The van der Waals surface area contributed by atoms with Gasteiger partial charge in [0.2, 0.25) is 12.7 Å². The number of rotatable bonds is 7. The van der Waals surface area contributed by atoms with Crippen molar-refractivity contribution in [3.8, 4) is 17.6 Å². The molecule has 1 aliphatic rings. The van der Waals surface area contributed by atoms with Crippen LogP contribution in [-0.2, 0) is 11.3 Å². The normalized spacial score (nSPS) is 13.3. The van der Waals surface area contributed by atoms with Gasteiger partial charge in [0.05, 0.1) is 18.5 Å². The lowest BCUT2D eigenvalue weighted by molar-refractivity contribution is -0.123. The Balaban J connectivity index is 1.71. The van der Waals surface area contributed by atoms with Crippen LogP contribution in [0.5, 0.6) is 11.5 Å². The molecule has 1 aliphatic heterocycles. The summed E-state index contributed by atoms with van der Waals surface area (Å²) in [6, 6.07) is 17.1. The van der Waals surface area contributed by atoms with Gasteiger partial charge in [0.1, 0.15) is 0 Å². The second-order valence-corrected chi connectivity index (χ2v) is 6.51. The number of benzene rings is 2. The first-order chi connectivity index (χ1) is 13.1.